The molecule has 0 spiro atoms. The molecule has 102 valence electrons. The van der Waals surface area contributed by atoms with Gasteiger partial charge in [0.05, 0.1) is 17.1 Å². The summed E-state index contributed by atoms with van der Waals surface area (Å²) in [4.78, 5) is 0. The first-order chi connectivity index (χ1) is 9.56. The van der Waals surface area contributed by atoms with Crippen molar-refractivity contribution in [3.8, 4) is 6.07 Å². The van der Waals surface area contributed by atoms with Crippen molar-refractivity contribution in [2.45, 2.75) is 0 Å². The van der Waals surface area contributed by atoms with Gasteiger partial charge in [0.2, 0.25) is 0 Å². The van der Waals surface area contributed by atoms with Crippen LogP contribution in [-0.2, 0) is 11.8 Å². The van der Waals surface area contributed by atoms with E-state index in [2.05, 4.69) is 6.07 Å². The SMILES string of the molecule is N#CCSP(=S)(c1ccc(Cl)cc1)c1ccc(Cl)cc1. The molecular weight excluding hydrogens is 348 g/mol. The number of nitrogens with zero attached hydrogens (tertiary/aromatic N) is 1. The molecule has 0 saturated carbocycles. The van der Waals surface area contributed by atoms with E-state index in [1.54, 1.807) is 0 Å². The lowest BCUT2D eigenvalue weighted by Crippen LogP contribution is -2.13. The van der Waals surface area contributed by atoms with E-state index in [1.165, 1.54) is 11.4 Å². The van der Waals surface area contributed by atoms with E-state index >= 15 is 0 Å². The summed E-state index contributed by atoms with van der Waals surface area (Å²) in [7, 11) is 0. The fraction of sp³-hybridized carbons (Fsp3) is 0.0714. The second-order valence-electron chi connectivity index (χ2n) is 3.94. The molecule has 0 saturated heterocycles. The Hall–Kier alpha value is -0.490. The summed E-state index contributed by atoms with van der Waals surface area (Å²) in [5.74, 6) is 0.364. The van der Waals surface area contributed by atoms with Gasteiger partial charge in [-0.1, -0.05) is 70.7 Å². The second-order valence-corrected chi connectivity index (χ2v) is 12.2. The van der Waals surface area contributed by atoms with Crippen LogP contribution in [0, 0.1) is 11.3 Å². The van der Waals surface area contributed by atoms with Crippen molar-refractivity contribution in [2.75, 3.05) is 5.75 Å². The van der Waals surface area contributed by atoms with Gasteiger partial charge in [-0.15, -0.1) is 0 Å². The molecule has 0 bridgehead atoms. The summed E-state index contributed by atoms with van der Waals surface area (Å²) in [6, 6.07) is 17.3. The maximum Gasteiger partial charge on any atom is 0.0863 e. The monoisotopic (exact) mass is 357 g/mol. The van der Waals surface area contributed by atoms with Gasteiger partial charge in [0.25, 0.3) is 0 Å². The molecule has 20 heavy (non-hydrogen) atoms. The Kier molecular flexibility index (Phi) is 5.55. The van der Waals surface area contributed by atoms with Gasteiger partial charge in [-0.2, -0.15) is 5.26 Å². The second kappa shape index (κ2) is 6.98. The van der Waals surface area contributed by atoms with Gasteiger partial charge in [0, 0.05) is 10.0 Å². The molecule has 1 nitrogen and oxygen atoms in total. The van der Waals surface area contributed by atoms with Crippen LogP contribution in [0.5, 0.6) is 0 Å². The molecule has 6 heteroatoms. The molecule has 0 aromatic heterocycles. The van der Waals surface area contributed by atoms with Gasteiger partial charge < -0.3 is 0 Å². The highest BCUT2D eigenvalue weighted by atomic mass is 35.5. The van der Waals surface area contributed by atoms with Crippen LogP contribution in [0.2, 0.25) is 10.0 Å². The van der Waals surface area contributed by atoms with Crippen molar-refractivity contribution in [2.24, 2.45) is 0 Å². The number of hydrogen-bond acceptors (Lipinski definition) is 3. The van der Waals surface area contributed by atoms with E-state index in [4.69, 9.17) is 40.3 Å². The quantitative estimate of drug-likeness (QED) is 0.747. The Morgan fingerprint density at radius 2 is 1.35 bits per heavy atom. The summed E-state index contributed by atoms with van der Waals surface area (Å²) >= 11 is 19.3. The molecule has 2 rings (SSSR count). The van der Waals surface area contributed by atoms with Crippen molar-refractivity contribution < 1.29 is 0 Å². The number of nitriles is 1. The minimum absolute atomic E-state index is 0.364. The predicted molar refractivity (Wildman–Crippen MR) is 94.5 cm³/mol. The molecular formula is C14H10Cl2NPS2. The van der Waals surface area contributed by atoms with E-state index in [0.717, 1.165) is 10.6 Å². The fourth-order valence-corrected chi connectivity index (χ4v) is 7.41. The number of rotatable bonds is 4. The lowest BCUT2D eigenvalue weighted by molar-refractivity contribution is 1.50. The predicted octanol–water partition coefficient (Wildman–Crippen LogP) is 4.60. The lowest BCUT2D eigenvalue weighted by atomic mass is 10.4. The van der Waals surface area contributed by atoms with Crippen molar-refractivity contribution >= 4 is 62.2 Å². The van der Waals surface area contributed by atoms with Crippen LogP contribution in [0.4, 0.5) is 0 Å². The molecule has 0 fully saturated rings. The highest BCUT2D eigenvalue weighted by Gasteiger charge is 2.22. The maximum absolute atomic E-state index is 8.87. The highest BCUT2D eigenvalue weighted by molar-refractivity contribution is 8.75. The third-order valence-electron chi connectivity index (χ3n) is 2.64. The summed E-state index contributed by atoms with van der Waals surface area (Å²) in [6.07, 6.45) is 0. The van der Waals surface area contributed by atoms with Crippen molar-refractivity contribution in [1.29, 1.82) is 5.26 Å². The Balaban J connectivity index is 2.50. The Bertz CT molecular complexity index is 628. The third-order valence-corrected chi connectivity index (χ3v) is 10.7. The largest absolute Gasteiger partial charge is 0.197 e. The molecule has 0 N–H and O–H groups in total. The van der Waals surface area contributed by atoms with Crippen LogP contribution < -0.4 is 10.6 Å². The zero-order valence-corrected chi connectivity index (χ0v) is 14.3. The molecule has 0 atom stereocenters. The summed E-state index contributed by atoms with van der Waals surface area (Å²) in [5, 5.41) is 10.2. The Morgan fingerprint density at radius 1 is 0.950 bits per heavy atom. The van der Waals surface area contributed by atoms with Gasteiger partial charge in [-0.25, -0.2) is 0 Å². The third kappa shape index (κ3) is 3.58. The molecule has 2 aromatic carbocycles. The summed E-state index contributed by atoms with van der Waals surface area (Å²) in [6.45, 7) is 0. The van der Waals surface area contributed by atoms with E-state index < -0.39 is 5.24 Å². The molecule has 0 aliphatic carbocycles. The van der Waals surface area contributed by atoms with Crippen LogP contribution in [0.25, 0.3) is 0 Å². The fourth-order valence-electron chi connectivity index (χ4n) is 1.69. The zero-order chi connectivity index (χ0) is 14.6. The number of benzene rings is 2. The Morgan fingerprint density at radius 3 is 1.70 bits per heavy atom. The molecule has 2 aromatic rings. The molecule has 0 unspecified atom stereocenters. The zero-order valence-electron chi connectivity index (χ0n) is 10.3. The minimum Gasteiger partial charge on any atom is -0.197 e. The van der Waals surface area contributed by atoms with E-state index in [9.17, 15) is 0 Å². The van der Waals surface area contributed by atoms with Crippen LogP contribution >= 0.6 is 39.8 Å². The number of hydrogen-bond donors (Lipinski definition) is 0. The van der Waals surface area contributed by atoms with Crippen molar-refractivity contribution in [3.63, 3.8) is 0 Å². The maximum atomic E-state index is 8.87. The normalized spacial score (nSPS) is 11.1. The van der Waals surface area contributed by atoms with Crippen LogP contribution in [-0.4, -0.2) is 5.75 Å². The molecule has 0 aliphatic rings. The Labute approximate surface area is 137 Å². The van der Waals surface area contributed by atoms with Crippen LogP contribution in [0.3, 0.4) is 0 Å². The van der Waals surface area contributed by atoms with E-state index in [-0.39, 0.29) is 0 Å². The van der Waals surface area contributed by atoms with Gasteiger partial charge in [0.1, 0.15) is 0 Å². The highest BCUT2D eigenvalue weighted by Crippen LogP contribution is 2.56. The molecule has 0 amide bonds. The van der Waals surface area contributed by atoms with Crippen molar-refractivity contribution in [3.05, 3.63) is 58.6 Å². The number of halogens is 2. The van der Waals surface area contributed by atoms with Crippen molar-refractivity contribution in [1.82, 2.24) is 0 Å². The molecule has 0 heterocycles. The van der Waals surface area contributed by atoms with Gasteiger partial charge >= 0.3 is 0 Å². The van der Waals surface area contributed by atoms with Crippen LogP contribution in [0.15, 0.2) is 48.5 Å². The smallest absolute Gasteiger partial charge is 0.0863 e. The average molecular weight is 358 g/mol. The summed E-state index contributed by atoms with van der Waals surface area (Å²) in [5.41, 5.74) is 0. The first-order valence-electron chi connectivity index (χ1n) is 5.70. The minimum atomic E-state index is -2.07. The van der Waals surface area contributed by atoms with E-state index in [0.29, 0.717) is 15.8 Å². The summed E-state index contributed by atoms with van der Waals surface area (Å²) < 4.78 is 0. The average Bonchev–Trinajstić information content (AvgIpc) is 2.46. The molecule has 0 radical (unpaired) electrons. The first kappa shape index (κ1) is 15.9. The van der Waals surface area contributed by atoms with E-state index in [1.807, 2.05) is 48.5 Å². The van der Waals surface area contributed by atoms with Gasteiger partial charge in [0.15, 0.2) is 0 Å². The lowest BCUT2D eigenvalue weighted by Gasteiger charge is -2.21. The van der Waals surface area contributed by atoms with Gasteiger partial charge in [-0.05, 0) is 34.9 Å². The first-order valence-corrected chi connectivity index (χ1v) is 10.8. The standard InChI is InChI=1S/C14H10Cl2NPS2/c15-11-1-5-13(6-2-11)18(19,20-10-9-17)14-7-3-12(16)4-8-14/h1-8H,10H2. The van der Waals surface area contributed by atoms with Gasteiger partial charge in [-0.3, -0.25) is 0 Å². The van der Waals surface area contributed by atoms with Crippen LogP contribution in [0.1, 0.15) is 0 Å². The molecule has 0 aliphatic heterocycles. The topological polar surface area (TPSA) is 23.8 Å².